The van der Waals surface area contributed by atoms with Crippen LogP contribution in [-0.4, -0.2) is 29.9 Å². The lowest BCUT2D eigenvalue weighted by Gasteiger charge is -2.21. The molecule has 2 N–H and O–H groups in total. The lowest BCUT2D eigenvalue weighted by molar-refractivity contribution is 0.0948. The van der Waals surface area contributed by atoms with E-state index >= 15 is 0 Å². The number of hydrogen-bond donors (Lipinski definition) is 2. The summed E-state index contributed by atoms with van der Waals surface area (Å²) in [5.41, 5.74) is 0.314. The fourth-order valence-corrected chi connectivity index (χ4v) is 2.24. The van der Waals surface area contributed by atoms with Crippen molar-refractivity contribution in [2.75, 3.05) is 13.2 Å². The summed E-state index contributed by atoms with van der Waals surface area (Å²) >= 11 is 0.457. The normalized spacial score (nSPS) is 11.7. The van der Waals surface area contributed by atoms with Crippen LogP contribution in [0.4, 0.5) is 8.78 Å². The lowest BCUT2D eigenvalue weighted by atomic mass is 9.89. The third-order valence-electron chi connectivity index (χ3n) is 3.09. The smallest absolute Gasteiger partial charge is 0.288 e. The molecule has 0 radical (unpaired) electrons. The van der Waals surface area contributed by atoms with E-state index in [-0.39, 0.29) is 17.9 Å². The van der Waals surface area contributed by atoms with Gasteiger partial charge in [-0.15, -0.1) is 0 Å². The van der Waals surface area contributed by atoms with E-state index in [2.05, 4.69) is 5.32 Å². The van der Waals surface area contributed by atoms with Crippen LogP contribution < -0.4 is 5.32 Å². The zero-order chi connectivity index (χ0) is 15.9. The molecule has 0 aliphatic heterocycles. The number of carbonyl (C=O) groups is 1. The van der Waals surface area contributed by atoms with Crippen LogP contribution >= 0.6 is 11.8 Å². The molecule has 118 valence electrons. The van der Waals surface area contributed by atoms with Gasteiger partial charge in [-0.25, -0.2) is 0 Å². The minimum atomic E-state index is -2.46. The average molecular weight is 317 g/mol. The van der Waals surface area contributed by atoms with Gasteiger partial charge in [-0.3, -0.25) is 4.79 Å². The van der Waals surface area contributed by atoms with Crippen LogP contribution in [0, 0.1) is 5.41 Å². The molecule has 21 heavy (non-hydrogen) atoms. The molecular formula is C15H21F2NO2S. The highest BCUT2D eigenvalue weighted by Gasteiger charge is 2.15. The zero-order valence-corrected chi connectivity index (χ0v) is 13.1. The molecule has 0 aromatic heterocycles. The van der Waals surface area contributed by atoms with Crippen LogP contribution in [0.3, 0.4) is 0 Å². The largest absolute Gasteiger partial charge is 0.396 e. The Morgan fingerprint density at radius 1 is 1.33 bits per heavy atom. The number of aliphatic hydroxyl groups excluding tert-OH is 1. The van der Waals surface area contributed by atoms with Crippen LogP contribution in [0.1, 0.15) is 37.0 Å². The molecule has 0 saturated heterocycles. The maximum atomic E-state index is 12.2. The fourth-order valence-electron chi connectivity index (χ4n) is 1.74. The second-order valence-corrected chi connectivity index (χ2v) is 6.65. The summed E-state index contributed by atoms with van der Waals surface area (Å²) in [5, 5.41) is 11.9. The monoisotopic (exact) mass is 317 g/mol. The Kier molecular flexibility index (Phi) is 7.11. The Morgan fingerprint density at radius 3 is 2.48 bits per heavy atom. The number of thioether (sulfide) groups is 1. The molecule has 0 bridgehead atoms. The van der Waals surface area contributed by atoms with Crippen LogP contribution in [-0.2, 0) is 0 Å². The molecule has 3 nitrogen and oxygen atoms in total. The van der Waals surface area contributed by atoms with E-state index in [0.717, 1.165) is 12.8 Å². The van der Waals surface area contributed by atoms with Gasteiger partial charge in [-0.05, 0) is 42.5 Å². The number of aliphatic hydroxyl groups is 1. The predicted octanol–water partition coefficient (Wildman–Crippen LogP) is 3.53. The number of benzene rings is 1. The van der Waals surface area contributed by atoms with E-state index in [1.54, 1.807) is 0 Å². The lowest BCUT2D eigenvalue weighted by Crippen LogP contribution is -2.26. The third-order valence-corrected chi connectivity index (χ3v) is 3.81. The van der Waals surface area contributed by atoms with Crippen molar-refractivity contribution in [3.8, 4) is 0 Å². The molecule has 6 heteroatoms. The summed E-state index contributed by atoms with van der Waals surface area (Å²) in [6.45, 7) is 4.57. The summed E-state index contributed by atoms with van der Waals surface area (Å²) in [4.78, 5) is 12.3. The number of halogens is 2. The summed E-state index contributed by atoms with van der Waals surface area (Å²) in [7, 11) is 0. The summed E-state index contributed by atoms with van der Waals surface area (Å²) < 4.78 is 24.4. The van der Waals surface area contributed by atoms with Gasteiger partial charge >= 0.3 is 0 Å². The summed E-state index contributed by atoms with van der Waals surface area (Å²) in [6, 6.07) is 6.11. The Labute approximate surface area is 128 Å². The van der Waals surface area contributed by atoms with E-state index in [0.29, 0.717) is 28.8 Å². The Balaban J connectivity index is 2.38. The summed E-state index contributed by atoms with van der Waals surface area (Å²) in [6.07, 6.45) is 1.59. The van der Waals surface area contributed by atoms with Gasteiger partial charge in [-0.2, -0.15) is 8.78 Å². The number of amides is 1. The van der Waals surface area contributed by atoms with Crippen molar-refractivity contribution < 1.29 is 18.7 Å². The first-order valence-corrected chi connectivity index (χ1v) is 7.66. The minimum absolute atomic E-state index is 0.115. The minimum Gasteiger partial charge on any atom is -0.396 e. The number of nitrogens with one attached hydrogen (secondary N) is 1. The van der Waals surface area contributed by atoms with Gasteiger partial charge in [0.15, 0.2) is 0 Å². The average Bonchev–Trinajstić information content (AvgIpc) is 2.43. The van der Waals surface area contributed by atoms with Crippen LogP contribution in [0.2, 0.25) is 0 Å². The van der Waals surface area contributed by atoms with Crippen molar-refractivity contribution in [3.05, 3.63) is 29.8 Å². The second-order valence-electron chi connectivity index (χ2n) is 5.58. The van der Waals surface area contributed by atoms with E-state index in [4.69, 9.17) is 5.11 Å². The van der Waals surface area contributed by atoms with Crippen LogP contribution in [0.5, 0.6) is 0 Å². The van der Waals surface area contributed by atoms with Gasteiger partial charge in [0.1, 0.15) is 0 Å². The molecule has 1 rings (SSSR count). The number of alkyl halides is 2. The van der Waals surface area contributed by atoms with Crippen LogP contribution in [0.25, 0.3) is 0 Å². The highest BCUT2D eigenvalue weighted by molar-refractivity contribution is 7.99. The molecule has 1 aromatic carbocycles. The second kappa shape index (κ2) is 8.34. The third kappa shape index (κ3) is 6.91. The van der Waals surface area contributed by atoms with Gasteiger partial charge in [0.05, 0.1) is 0 Å². The molecular weight excluding hydrogens is 296 g/mol. The topological polar surface area (TPSA) is 49.3 Å². The maximum Gasteiger partial charge on any atom is 0.288 e. The molecule has 0 saturated carbocycles. The highest BCUT2D eigenvalue weighted by Crippen LogP contribution is 2.25. The molecule has 0 unspecified atom stereocenters. The number of rotatable bonds is 8. The molecule has 0 aliphatic rings. The van der Waals surface area contributed by atoms with E-state index in [1.807, 2.05) is 13.8 Å². The number of hydrogen-bond acceptors (Lipinski definition) is 3. The molecule has 0 spiro atoms. The van der Waals surface area contributed by atoms with Gasteiger partial charge in [0.25, 0.3) is 11.7 Å². The van der Waals surface area contributed by atoms with Crippen LogP contribution in [0.15, 0.2) is 29.2 Å². The first-order valence-electron chi connectivity index (χ1n) is 6.78. The molecule has 0 aliphatic carbocycles. The fraction of sp³-hybridized carbons (Fsp3) is 0.533. The SMILES string of the molecule is CC(C)(CO)CCCNC(=O)c1ccc(SC(F)F)cc1. The Morgan fingerprint density at radius 2 is 1.95 bits per heavy atom. The van der Waals surface area contributed by atoms with E-state index in [1.165, 1.54) is 24.3 Å². The van der Waals surface area contributed by atoms with Crippen molar-refractivity contribution >= 4 is 17.7 Å². The van der Waals surface area contributed by atoms with Gasteiger partial charge in [0, 0.05) is 23.6 Å². The Bertz CT molecular complexity index is 449. The predicted molar refractivity (Wildman–Crippen MR) is 80.7 cm³/mol. The zero-order valence-electron chi connectivity index (χ0n) is 12.2. The van der Waals surface area contributed by atoms with Gasteiger partial charge in [0.2, 0.25) is 0 Å². The van der Waals surface area contributed by atoms with E-state index in [9.17, 15) is 13.6 Å². The van der Waals surface area contributed by atoms with Gasteiger partial charge < -0.3 is 10.4 Å². The van der Waals surface area contributed by atoms with Crippen molar-refractivity contribution in [2.24, 2.45) is 5.41 Å². The molecule has 0 fully saturated rings. The quantitative estimate of drug-likeness (QED) is 0.569. The van der Waals surface area contributed by atoms with Crippen molar-refractivity contribution in [2.45, 2.75) is 37.3 Å². The van der Waals surface area contributed by atoms with Gasteiger partial charge in [-0.1, -0.05) is 25.6 Å². The molecule has 1 amide bonds. The summed E-state index contributed by atoms with van der Waals surface area (Å²) in [5.74, 6) is -2.68. The van der Waals surface area contributed by atoms with Crippen molar-refractivity contribution in [1.82, 2.24) is 5.32 Å². The van der Waals surface area contributed by atoms with E-state index < -0.39 is 5.76 Å². The Hall–Kier alpha value is -1.14. The molecule has 0 heterocycles. The standard InChI is InChI=1S/C15H21F2NO2S/c1-15(2,10-19)8-3-9-18-13(20)11-4-6-12(7-5-11)21-14(16)17/h4-7,14,19H,3,8-10H2,1-2H3,(H,18,20). The maximum absolute atomic E-state index is 12.2. The highest BCUT2D eigenvalue weighted by atomic mass is 32.2. The molecule has 1 aromatic rings. The van der Waals surface area contributed by atoms with Crippen molar-refractivity contribution in [1.29, 1.82) is 0 Å². The first-order chi connectivity index (χ1) is 9.84. The van der Waals surface area contributed by atoms with Crippen molar-refractivity contribution in [3.63, 3.8) is 0 Å². The first kappa shape index (κ1) is 17.9. The molecule has 0 atom stereocenters. The number of carbonyl (C=O) groups excluding carboxylic acids is 1.